The van der Waals surface area contributed by atoms with E-state index in [2.05, 4.69) is 43.3 Å². The van der Waals surface area contributed by atoms with Crippen LogP contribution >= 0.6 is 11.6 Å². The van der Waals surface area contributed by atoms with Gasteiger partial charge in [0.15, 0.2) is 5.69 Å². The zero-order chi connectivity index (χ0) is 19.8. The number of carbonyl (C=O) groups excluding carboxylic acids is 1. The second-order valence-corrected chi connectivity index (χ2v) is 9.17. The molecule has 146 valence electrons. The molecule has 0 radical (unpaired) electrons. The number of piperidine rings is 1. The molecule has 2 heterocycles. The standard InChI is InChI=1S/C20H28ClN5O/c1-19(2)10-15(11-20(3,4)23-19)25(5)18(27)17-13-26(24-22-17)12-14-8-6-7-9-16(14)21/h6-9,13,15,23H,10-12H2,1-5H3. The summed E-state index contributed by atoms with van der Waals surface area (Å²) in [6, 6.07) is 7.75. The molecule has 0 saturated carbocycles. The summed E-state index contributed by atoms with van der Waals surface area (Å²) in [5.41, 5.74) is 1.25. The number of aromatic nitrogens is 3. The van der Waals surface area contributed by atoms with Gasteiger partial charge in [0, 0.05) is 29.2 Å². The van der Waals surface area contributed by atoms with Gasteiger partial charge < -0.3 is 10.2 Å². The van der Waals surface area contributed by atoms with Crippen LogP contribution in [-0.2, 0) is 6.54 Å². The number of hydrogen-bond donors (Lipinski definition) is 1. The third-order valence-corrected chi connectivity index (χ3v) is 5.45. The smallest absolute Gasteiger partial charge is 0.276 e. The van der Waals surface area contributed by atoms with Crippen LogP contribution < -0.4 is 5.32 Å². The van der Waals surface area contributed by atoms with Gasteiger partial charge in [0.25, 0.3) is 5.91 Å². The minimum absolute atomic E-state index is 0.0252. The maximum atomic E-state index is 13.0. The van der Waals surface area contributed by atoms with Crippen molar-refractivity contribution in [3.63, 3.8) is 0 Å². The lowest BCUT2D eigenvalue weighted by Gasteiger charge is -2.48. The van der Waals surface area contributed by atoms with Crippen molar-refractivity contribution in [3.05, 3.63) is 46.7 Å². The van der Waals surface area contributed by atoms with Crippen molar-refractivity contribution < 1.29 is 4.79 Å². The minimum Gasteiger partial charge on any atom is -0.337 e. The van der Waals surface area contributed by atoms with Gasteiger partial charge in [-0.2, -0.15) is 0 Å². The lowest BCUT2D eigenvalue weighted by atomic mass is 9.79. The molecule has 6 nitrogen and oxygen atoms in total. The first-order valence-electron chi connectivity index (χ1n) is 9.26. The normalized spacial score (nSPS) is 19.0. The fourth-order valence-electron chi connectivity index (χ4n) is 4.16. The minimum atomic E-state index is -0.0982. The van der Waals surface area contributed by atoms with Gasteiger partial charge in [0.05, 0.1) is 12.7 Å². The van der Waals surface area contributed by atoms with E-state index in [0.717, 1.165) is 18.4 Å². The summed E-state index contributed by atoms with van der Waals surface area (Å²) in [5, 5.41) is 12.5. The van der Waals surface area contributed by atoms with Crippen molar-refractivity contribution in [2.24, 2.45) is 0 Å². The average Bonchev–Trinajstić information content (AvgIpc) is 3.01. The molecule has 27 heavy (non-hydrogen) atoms. The summed E-state index contributed by atoms with van der Waals surface area (Å²) in [6.45, 7) is 9.20. The summed E-state index contributed by atoms with van der Waals surface area (Å²) < 4.78 is 1.65. The summed E-state index contributed by atoms with van der Waals surface area (Å²) in [4.78, 5) is 14.8. The van der Waals surface area contributed by atoms with Crippen LogP contribution in [-0.4, -0.2) is 50.0 Å². The zero-order valence-corrected chi connectivity index (χ0v) is 17.4. The van der Waals surface area contributed by atoms with Crippen LogP contribution in [0.4, 0.5) is 0 Å². The summed E-state index contributed by atoms with van der Waals surface area (Å²) >= 11 is 6.21. The van der Waals surface area contributed by atoms with Crippen molar-refractivity contribution >= 4 is 17.5 Å². The molecule has 1 saturated heterocycles. The lowest BCUT2D eigenvalue weighted by molar-refractivity contribution is 0.0523. The van der Waals surface area contributed by atoms with Crippen molar-refractivity contribution in [2.45, 2.75) is 64.2 Å². The number of nitrogens with one attached hydrogen (secondary N) is 1. The number of hydrogen-bond acceptors (Lipinski definition) is 4. The second kappa shape index (κ2) is 7.24. The topological polar surface area (TPSA) is 63.1 Å². The van der Waals surface area contributed by atoms with Gasteiger partial charge >= 0.3 is 0 Å². The van der Waals surface area contributed by atoms with Gasteiger partial charge in [-0.05, 0) is 52.2 Å². The highest BCUT2D eigenvalue weighted by Crippen LogP contribution is 2.31. The Morgan fingerprint density at radius 3 is 2.52 bits per heavy atom. The molecule has 1 fully saturated rings. The van der Waals surface area contributed by atoms with Crippen LogP contribution in [0.2, 0.25) is 5.02 Å². The Morgan fingerprint density at radius 2 is 1.89 bits per heavy atom. The van der Waals surface area contributed by atoms with Crippen molar-refractivity contribution in [1.29, 1.82) is 0 Å². The SMILES string of the molecule is CN(C(=O)c1cn(Cc2ccccc2Cl)nn1)C1CC(C)(C)NC(C)(C)C1. The maximum absolute atomic E-state index is 13.0. The van der Waals surface area contributed by atoms with E-state index in [1.165, 1.54) is 0 Å². The molecule has 0 bridgehead atoms. The highest BCUT2D eigenvalue weighted by molar-refractivity contribution is 6.31. The summed E-state index contributed by atoms with van der Waals surface area (Å²) in [6.07, 6.45) is 3.48. The van der Waals surface area contributed by atoms with Crippen molar-refractivity contribution in [1.82, 2.24) is 25.2 Å². The Labute approximate surface area is 165 Å². The van der Waals surface area contributed by atoms with Crippen LogP contribution in [0.1, 0.15) is 56.6 Å². The molecule has 0 spiro atoms. The molecular formula is C20H28ClN5O. The van der Waals surface area contributed by atoms with Gasteiger partial charge in [-0.1, -0.05) is 35.0 Å². The number of rotatable bonds is 4. The molecule has 0 aliphatic carbocycles. The van der Waals surface area contributed by atoms with Crippen LogP contribution in [0.25, 0.3) is 0 Å². The highest BCUT2D eigenvalue weighted by atomic mass is 35.5. The second-order valence-electron chi connectivity index (χ2n) is 8.76. The predicted octanol–water partition coefficient (Wildman–Crippen LogP) is 3.36. The quantitative estimate of drug-likeness (QED) is 0.870. The number of halogens is 1. The third kappa shape index (κ3) is 4.68. The molecule has 0 unspecified atom stereocenters. The number of nitrogens with zero attached hydrogens (tertiary/aromatic N) is 4. The molecule has 1 aliphatic rings. The monoisotopic (exact) mass is 389 g/mol. The summed E-state index contributed by atoms with van der Waals surface area (Å²) in [7, 11) is 1.86. The Balaban J connectivity index is 1.72. The van der Waals surface area contributed by atoms with Gasteiger partial charge in [0.1, 0.15) is 0 Å². The zero-order valence-electron chi connectivity index (χ0n) is 16.7. The third-order valence-electron chi connectivity index (χ3n) is 5.08. The highest BCUT2D eigenvalue weighted by Gasteiger charge is 2.40. The molecule has 3 rings (SSSR count). The first-order valence-corrected chi connectivity index (χ1v) is 9.64. The largest absolute Gasteiger partial charge is 0.337 e. The van der Waals surface area contributed by atoms with E-state index in [0.29, 0.717) is 17.3 Å². The number of amides is 1. The van der Waals surface area contributed by atoms with Crippen LogP contribution in [0.3, 0.4) is 0 Å². The lowest BCUT2D eigenvalue weighted by Crippen LogP contribution is -2.62. The van der Waals surface area contributed by atoms with Gasteiger partial charge in [-0.25, -0.2) is 4.68 Å². The summed E-state index contributed by atoms with van der Waals surface area (Å²) in [5.74, 6) is -0.0982. The maximum Gasteiger partial charge on any atom is 0.276 e. The van der Waals surface area contributed by atoms with E-state index in [1.54, 1.807) is 10.9 Å². The molecule has 1 aromatic carbocycles. The van der Waals surface area contributed by atoms with Crippen LogP contribution in [0.5, 0.6) is 0 Å². The van der Waals surface area contributed by atoms with E-state index in [1.807, 2.05) is 36.2 Å². The molecule has 1 N–H and O–H groups in total. The van der Waals surface area contributed by atoms with E-state index < -0.39 is 0 Å². The molecule has 0 atom stereocenters. The van der Waals surface area contributed by atoms with Crippen LogP contribution in [0, 0.1) is 0 Å². The van der Waals surface area contributed by atoms with Gasteiger partial charge in [0.2, 0.25) is 0 Å². The van der Waals surface area contributed by atoms with Gasteiger partial charge in [-0.15, -0.1) is 5.10 Å². The van der Waals surface area contributed by atoms with Crippen LogP contribution in [0.15, 0.2) is 30.5 Å². The van der Waals surface area contributed by atoms with E-state index in [4.69, 9.17) is 11.6 Å². The predicted molar refractivity (Wildman–Crippen MR) is 107 cm³/mol. The molecule has 1 amide bonds. The van der Waals surface area contributed by atoms with E-state index >= 15 is 0 Å². The molecular weight excluding hydrogens is 362 g/mol. The van der Waals surface area contributed by atoms with Gasteiger partial charge in [-0.3, -0.25) is 4.79 Å². The Morgan fingerprint density at radius 1 is 1.26 bits per heavy atom. The Hall–Kier alpha value is -1.92. The van der Waals surface area contributed by atoms with Crippen molar-refractivity contribution in [2.75, 3.05) is 7.05 Å². The molecule has 1 aliphatic heterocycles. The Kier molecular flexibility index (Phi) is 5.32. The molecule has 1 aromatic heterocycles. The average molecular weight is 390 g/mol. The molecule has 7 heteroatoms. The fraction of sp³-hybridized carbons (Fsp3) is 0.550. The van der Waals surface area contributed by atoms with E-state index in [-0.39, 0.29) is 23.0 Å². The van der Waals surface area contributed by atoms with Crippen molar-refractivity contribution in [3.8, 4) is 0 Å². The molecule has 2 aromatic rings. The Bertz CT molecular complexity index is 813. The van der Waals surface area contributed by atoms with E-state index in [9.17, 15) is 4.79 Å². The fourth-order valence-corrected chi connectivity index (χ4v) is 4.36. The first kappa shape index (κ1) is 19.8. The first-order chi connectivity index (χ1) is 12.6. The number of carbonyl (C=O) groups is 1. The number of benzene rings is 1.